The number of halogens is 1. The molecule has 33 heavy (non-hydrogen) atoms. The Morgan fingerprint density at radius 3 is 2.42 bits per heavy atom. The number of H-pyrrole nitrogens is 1. The number of benzene rings is 3. The summed E-state index contributed by atoms with van der Waals surface area (Å²) in [6.45, 7) is 6.53. The Balaban J connectivity index is 1.68. The molecule has 168 valence electrons. The smallest absolute Gasteiger partial charge is 0.321 e. The van der Waals surface area contributed by atoms with Crippen molar-refractivity contribution in [2.24, 2.45) is 0 Å². The molecule has 0 spiro atoms. The molecule has 1 aromatic heterocycles. The van der Waals surface area contributed by atoms with Crippen LogP contribution in [0.2, 0.25) is 5.02 Å². The Morgan fingerprint density at radius 1 is 0.970 bits per heavy atom. The number of nitrogens with one attached hydrogen (secondary N) is 2. The number of para-hydroxylation sites is 1. The van der Waals surface area contributed by atoms with Crippen LogP contribution in [0.4, 0.5) is 10.5 Å². The van der Waals surface area contributed by atoms with Crippen LogP contribution >= 0.6 is 11.6 Å². The normalized spacial score (nSPS) is 10.9. The lowest BCUT2D eigenvalue weighted by molar-refractivity contribution is 0.206. The van der Waals surface area contributed by atoms with Gasteiger partial charge in [-0.3, -0.25) is 4.79 Å². The second-order valence-electron chi connectivity index (χ2n) is 8.35. The monoisotopic (exact) mass is 459 g/mol. The maximum Gasteiger partial charge on any atom is 0.322 e. The van der Waals surface area contributed by atoms with Gasteiger partial charge < -0.3 is 15.2 Å². The van der Waals surface area contributed by atoms with Crippen molar-refractivity contribution >= 4 is 34.2 Å². The highest BCUT2D eigenvalue weighted by Gasteiger charge is 2.18. The van der Waals surface area contributed by atoms with Gasteiger partial charge in [0.25, 0.3) is 5.56 Å². The van der Waals surface area contributed by atoms with E-state index >= 15 is 0 Å². The Morgan fingerprint density at radius 2 is 1.70 bits per heavy atom. The van der Waals surface area contributed by atoms with E-state index in [1.165, 1.54) is 0 Å². The first-order valence-electron chi connectivity index (χ1n) is 10.8. The zero-order chi connectivity index (χ0) is 23.5. The number of hydrogen-bond donors (Lipinski definition) is 2. The van der Waals surface area contributed by atoms with E-state index in [-0.39, 0.29) is 18.1 Å². The average Bonchev–Trinajstić information content (AvgIpc) is 2.80. The Bertz CT molecular complexity index is 1380. The summed E-state index contributed by atoms with van der Waals surface area (Å²) >= 11 is 6.24. The molecule has 2 amide bonds. The van der Waals surface area contributed by atoms with E-state index in [2.05, 4.69) is 10.3 Å². The van der Waals surface area contributed by atoms with Gasteiger partial charge in [0.2, 0.25) is 0 Å². The fourth-order valence-corrected chi connectivity index (χ4v) is 3.95. The van der Waals surface area contributed by atoms with Crippen molar-refractivity contribution in [1.82, 2.24) is 9.88 Å². The minimum Gasteiger partial charge on any atom is -0.321 e. The van der Waals surface area contributed by atoms with Crippen molar-refractivity contribution in [3.05, 3.63) is 110 Å². The van der Waals surface area contributed by atoms with E-state index in [4.69, 9.17) is 11.6 Å². The maximum absolute atomic E-state index is 13.3. The Hall–Kier alpha value is -3.57. The molecule has 0 aliphatic heterocycles. The van der Waals surface area contributed by atoms with Crippen LogP contribution < -0.4 is 10.9 Å². The number of aromatic amines is 1. The van der Waals surface area contributed by atoms with Gasteiger partial charge in [0.15, 0.2) is 0 Å². The molecule has 0 saturated carbocycles. The molecule has 6 heteroatoms. The summed E-state index contributed by atoms with van der Waals surface area (Å²) in [4.78, 5) is 30.8. The van der Waals surface area contributed by atoms with Crippen LogP contribution in [0, 0.1) is 20.8 Å². The molecule has 4 aromatic rings. The molecule has 0 radical (unpaired) electrons. The number of urea groups is 1. The first-order chi connectivity index (χ1) is 15.8. The predicted molar refractivity (Wildman–Crippen MR) is 135 cm³/mol. The first kappa shape index (κ1) is 22.6. The molecule has 3 aromatic carbocycles. The lowest BCUT2D eigenvalue weighted by Gasteiger charge is -2.24. The van der Waals surface area contributed by atoms with E-state index in [1.54, 1.807) is 23.1 Å². The average molecular weight is 460 g/mol. The molecule has 0 saturated heterocycles. The minimum atomic E-state index is -0.330. The van der Waals surface area contributed by atoms with Crippen LogP contribution in [-0.2, 0) is 13.1 Å². The minimum absolute atomic E-state index is 0.155. The van der Waals surface area contributed by atoms with E-state index in [1.807, 2.05) is 69.3 Å². The van der Waals surface area contributed by atoms with Gasteiger partial charge in [-0.25, -0.2) is 4.79 Å². The Kier molecular flexibility index (Phi) is 6.52. The lowest BCUT2D eigenvalue weighted by Crippen LogP contribution is -2.35. The van der Waals surface area contributed by atoms with Crippen molar-refractivity contribution in [3.8, 4) is 0 Å². The van der Waals surface area contributed by atoms with Crippen LogP contribution in [0.5, 0.6) is 0 Å². The highest BCUT2D eigenvalue weighted by molar-refractivity contribution is 6.33. The standard InChI is InChI=1S/C27H26ClN3O2/c1-17-8-11-20(12-9-17)15-31(27(33)29-24-7-5-4-6-23(24)28)16-22-14-21-13-10-18(2)19(3)25(21)30-26(22)32/h4-14H,15-16H2,1-3H3,(H,29,33)(H,30,32). The second kappa shape index (κ2) is 9.51. The SMILES string of the molecule is Cc1ccc(CN(Cc2cc3ccc(C)c(C)c3[nH]c2=O)C(=O)Nc2ccccc2Cl)cc1. The quantitative estimate of drug-likeness (QED) is 0.365. The molecule has 4 rings (SSSR count). The van der Waals surface area contributed by atoms with Crippen molar-refractivity contribution < 1.29 is 4.79 Å². The van der Waals surface area contributed by atoms with E-state index in [0.717, 1.165) is 33.2 Å². The van der Waals surface area contributed by atoms with Gasteiger partial charge in [-0.1, -0.05) is 65.7 Å². The third-order valence-electron chi connectivity index (χ3n) is 5.89. The van der Waals surface area contributed by atoms with Crippen LogP contribution in [0.3, 0.4) is 0 Å². The molecule has 0 aliphatic rings. The third kappa shape index (κ3) is 5.10. The number of carbonyl (C=O) groups is 1. The highest BCUT2D eigenvalue weighted by Crippen LogP contribution is 2.23. The number of fused-ring (bicyclic) bond motifs is 1. The zero-order valence-electron chi connectivity index (χ0n) is 18.9. The molecule has 0 fully saturated rings. The van der Waals surface area contributed by atoms with Crippen LogP contribution in [0.15, 0.2) is 71.5 Å². The molecule has 1 heterocycles. The fraction of sp³-hybridized carbons (Fsp3) is 0.185. The molecular formula is C27H26ClN3O2. The van der Waals surface area contributed by atoms with Gasteiger partial charge in [0.1, 0.15) is 0 Å². The number of nitrogens with zero attached hydrogens (tertiary/aromatic N) is 1. The lowest BCUT2D eigenvalue weighted by atomic mass is 10.0. The number of carbonyl (C=O) groups excluding carboxylic acids is 1. The van der Waals surface area contributed by atoms with E-state index in [9.17, 15) is 9.59 Å². The Labute approximate surface area is 198 Å². The van der Waals surface area contributed by atoms with Gasteiger partial charge in [0.05, 0.1) is 22.8 Å². The van der Waals surface area contributed by atoms with Gasteiger partial charge in [-0.2, -0.15) is 0 Å². The highest BCUT2D eigenvalue weighted by atomic mass is 35.5. The van der Waals surface area contributed by atoms with Crippen LogP contribution in [0.1, 0.15) is 27.8 Å². The molecule has 0 atom stereocenters. The largest absolute Gasteiger partial charge is 0.322 e. The predicted octanol–water partition coefficient (Wildman–Crippen LogP) is 6.34. The molecular weight excluding hydrogens is 434 g/mol. The number of rotatable bonds is 5. The summed E-state index contributed by atoms with van der Waals surface area (Å²) in [5.74, 6) is 0. The summed E-state index contributed by atoms with van der Waals surface area (Å²) in [6.07, 6.45) is 0. The summed E-state index contributed by atoms with van der Waals surface area (Å²) < 4.78 is 0. The summed E-state index contributed by atoms with van der Waals surface area (Å²) in [6, 6.07) is 20.6. The maximum atomic E-state index is 13.3. The molecule has 0 bridgehead atoms. The van der Waals surface area contributed by atoms with Crippen molar-refractivity contribution in [1.29, 1.82) is 0 Å². The van der Waals surface area contributed by atoms with E-state index < -0.39 is 0 Å². The topological polar surface area (TPSA) is 65.2 Å². The number of aryl methyl sites for hydroxylation is 3. The summed E-state index contributed by atoms with van der Waals surface area (Å²) in [5.41, 5.74) is 5.95. The fourth-order valence-electron chi connectivity index (χ4n) is 3.76. The van der Waals surface area contributed by atoms with Gasteiger partial charge in [0, 0.05) is 12.1 Å². The molecule has 2 N–H and O–H groups in total. The molecule has 0 unspecified atom stereocenters. The van der Waals surface area contributed by atoms with Crippen molar-refractivity contribution in [2.45, 2.75) is 33.9 Å². The molecule has 0 aliphatic carbocycles. The first-order valence-corrected chi connectivity index (χ1v) is 11.2. The summed E-state index contributed by atoms with van der Waals surface area (Å²) in [7, 11) is 0. The number of amides is 2. The summed E-state index contributed by atoms with van der Waals surface area (Å²) in [5, 5.41) is 4.27. The number of pyridine rings is 1. The number of hydrogen-bond acceptors (Lipinski definition) is 2. The third-order valence-corrected chi connectivity index (χ3v) is 6.22. The number of anilines is 1. The van der Waals surface area contributed by atoms with Crippen LogP contribution in [-0.4, -0.2) is 15.9 Å². The van der Waals surface area contributed by atoms with Crippen LogP contribution in [0.25, 0.3) is 10.9 Å². The van der Waals surface area contributed by atoms with Crippen molar-refractivity contribution in [3.63, 3.8) is 0 Å². The van der Waals surface area contributed by atoms with Crippen molar-refractivity contribution in [2.75, 3.05) is 5.32 Å². The van der Waals surface area contributed by atoms with Gasteiger partial charge >= 0.3 is 6.03 Å². The van der Waals surface area contributed by atoms with Gasteiger partial charge in [-0.05, 0) is 61.0 Å². The van der Waals surface area contributed by atoms with Gasteiger partial charge in [-0.15, -0.1) is 0 Å². The molecule has 5 nitrogen and oxygen atoms in total. The second-order valence-corrected chi connectivity index (χ2v) is 8.75. The zero-order valence-corrected chi connectivity index (χ0v) is 19.7. The number of aromatic nitrogens is 1. The van der Waals surface area contributed by atoms with E-state index in [0.29, 0.717) is 22.8 Å².